The fraction of sp³-hybridized carbons (Fsp3) is 0.500. The Morgan fingerprint density at radius 1 is 1.33 bits per heavy atom. The van der Waals surface area contributed by atoms with Crippen molar-refractivity contribution in [3.63, 3.8) is 0 Å². The first-order chi connectivity index (χ1) is 8.72. The average Bonchev–Trinajstić information content (AvgIpc) is 2.67. The zero-order chi connectivity index (χ0) is 13.0. The molecule has 0 aromatic heterocycles. The second-order valence-corrected chi connectivity index (χ2v) is 4.76. The summed E-state index contributed by atoms with van der Waals surface area (Å²) in [5, 5.41) is 11.9. The molecule has 4 nitrogen and oxygen atoms in total. The summed E-state index contributed by atoms with van der Waals surface area (Å²) in [6.45, 7) is 2.87. The molecular formula is C14H19NO3. The highest BCUT2D eigenvalue weighted by atomic mass is 16.5. The molecular weight excluding hydrogens is 230 g/mol. The second-order valence-electron chi connectivity index (χ2n) is 4.76. The van der Waals surface area contributed by atoms with Crippen LogP contribution in [0, 0.1) is 11.8 Å². The van der Waals surface area contributed by atoms with Crippen LogP contribution < -0.4 is 5.32 Å². The van der Waals surface area contributed by atoms with E-state index in [4.69, 9.17) is 9.84 Å². The minimum absolute atomic E-state index is 0.0118. The monoisotopic (exact) mass is 249 g/mol. The number of amides is 1. The lowest BCUT2D eigenvalue weighted by molar-refractivity contribution is -0.125. The lowest BCUT2D eigenvalue weighted by atomic mass is 9.93. The van der Waals surface area contributed by atoms with Crippen LogP contribution in [0.5, 0.6) is 0 Å². The Morgan fingerprint density at radius 3 is 2.67 bits per heavy atom. The quantitative estimate of drug-likeness (QED) is 0.816. The van der Waals surface area contributed by atoms with Crippen LogP contribution in [0.2, 0.25) is 0 Å². The van der Waals surface area contributed by atoms with Gasteiger partial charge in [-0.25, -0.2) is 0 Å². The van der Waals surface area contributed by atoms with E-state index in [9.17, 15) is 4.79 Å². The zero-order valence-electron chi connectivity index (χ0n) is 10.5. The second kappa shape index (κ2) is 5.98. The van der Waals surface area contributed by atoms with Crippen molar-refractivity contribution in [3.8, 4) is 0 Å². The standard InChI is InChI=1S/C14H19NO3/c1-10-12(14(17)15-13(10)7-16)9-18-8-11-5-3-2-4-6-11/h2-6,10,12-13,16H,7-9H2,1H3,(H,15,17). The van der Waals surface area contributed by atoms with Crippen molar-refractivity contribution in [3.05, 3.63) is 35.9 Å². The van der Waals surface area contributed by atoms with E-state index in [1.165, 1.54) is 0 Å². The van der Waals surface area contributed by atoms with Crippen molar-refractivity contribution in [2.45, 2.75) is 19.6 Å². The molecule has 0 bridgehead atoms. The van der Waals surface area contributed by atoms with Crippen molar-refractivity contribution in [2.24, 2.45) is 11.8 Å². The maximum Gasteiger partial charge on any atom is 0.226 e. The van der Waals surface area contributed by atoms with Gasteiger partial charge in [-0.05, 0) is 11.5 Å². The van der Waals surface area contributed by atoms with Crippen LogP contribution in [-0.2, 0) is 16.1 Å². The van der Waals surface area contributed by atoms with Crippen molar-refractivity contribution < 1.29 is 14.6 Å². The molecule has 1 saturated heterocycles. The van der Waals surface area contributed by atoms with Gasteiger partial charge in [-0.15, -0.1) is 0 Å². The highest BCUT2D eigenvalue weighted by molar-refractivity contribution is 5.81. The van der Waals surface area contributed by atoms with E-state index in [0.29, 0.717) is 13.2 Å². The van der Waals surface area contributed by atoms with Gasteiger partial charge in [0, 0.05) is 0 Å². The molecule has 1 aromatic carbocycles. The predicted octanol–water partition coefficient (Wildman–Crippen LogP) is 0.946. The highest BCUT2D eigenvalue weighted by Gasteiger charge is 2.38. The molecule has 1 aromatic rings. The molecule has 1 amide bonds. The first-order valence-electron chi connectivity index (χ1n) is 6.25. The highest BCUT2D eigenvalue weighted by Crippen LogP contribution is 2.23. The molecule has 1 heterocycles. The lowest BCUT2D eigenvalue weighted by Crippen LogP contribution is -2.31. The van der Waals surface area contributed by atoms with Gasteiger partial charge in [-0.3, -0.25) is 4.79 Å². The van der Waals surface area contributed by atoms with E-state index < -0.39 is 0 Å². The van der Waals surface area contributed by atoms with Crippen LogP contribution in [0.3, 0.4) is 0 Å². The van der Waals surface area contributed by atoms with Gasteiger partial charge in [0.05, 0.1) is 31.8 Å². The van der Waals surface area contributed by atoms with E-state index in [-0.39, 0.29) is 30.4 Å². The molecule has 3 atom stereocenters. The first kappa shape index (κ1) is 13.1. The van der Waals surface area contributed by atoms with E-state index in [0.717, 1.165) is 5.56 Å². The van der Waals surface area contributed by atoms with E-state index in [2.05, 4.69) is 5.32 Å². The Labute approximate surface area is 107 Å². The Hall–Kier alpha value is -1.39. The fourth-order valence-corrected chi connectivity index (χ4v) is 2.26. The number of benzene rings is 1. The largest absolute Gasteiger partial charge is 0.394 e. The van der Waals surface area contributed by atoms with Crippen molar-refractivity contribution in [1.29, 1.82) is 0 Å². The maximum atomic E-state index is 11.7. The molecule has 0 spiro atoms. The SMILES string of the molecule is CC1C(CO)NC(=O)C1COCc1ccccc1. The third-order valence-corrected chi connectivity index (χ3v) is 3.54. The fourth-order valence-electron chi connectivity index (χ4n) is 2.26. The van der Waals surface area contributed by atoms with Crippen LogP contribution in [0.25, 0.3) is 0 Å². The summed E-state index contributed by atoms with van der Waals surface area (Å²) >= 11 is 0. The number of nitrogens with one attached hydrogen (secondary N) is 1. The number of aliphatic hydroxyl groups is 1. The number of aliphatic hydroxyl groups excluding tert-OH is 1. The van der Waals surface area contributed by atoms with E-state index >= 15 is 0 Å². The Bertz CT molecular complexity index is 393. The molecule has 1 fully saturated rings. The first-order valence-corrected chi connectivity index (χ1v) is 6.25. The molecule has 1 aliphatic heterocycles. The minimum Gasteiger partial charge on any atom is -0.394 e. The summed E-state index contributed by atoms with van der Waals surface area (Å²) in [5.74, 6) is -0.0706. The molecule has 0 radical (unpaired) electrons. The molecule has 4 heteroatoms. The van der Waals surface area contributed by atoms with Gasteiger partial charge in [0.2, 0.25) is 5.91 Å². The van der Waals surface area contributed by atoms with Gasteiger partial charge in [0.1, 0.15) is 0 Å². The third-order valence-electron chi connectivity index (χ3n) is 3.54. The molecule has 3 unspecified atom stereocenters. The van der Waals surface area contributed by atoms with Crippen LogP contribution in [-0.4, -0.2) is 30.3 Å². The smallest absolute Gasteiger partial charge is 0.226 e. The summed E-state index contributed by atoms with van der Waals surface area (Å²) in [6, 6.07) is 9.74. The molecule has 0 saturated carbocycles. The molecule has 2 N–H and O–H groups in total. The normalized spacial score (nSPS) is 27.2. The van der Waals surface area contributed by atoms with Crippen molar-refractivity contribution in [1.82, 2.24) is 5.32 Å². The van der Waals surface area contributed by atoms with Gasteiger partial charge >= 0.3 is 0 Å². The number of carbonyl (C=O) groups is 1. The average molecular weight is 249 g/mol. The van der Waals surface area contributed by atoms with Crippen LogP contribution in [0.15, 0.2) is 30.3 Å². The zero-order valence-corrected chi connectivity index (χ0v) is 10.5. The minimum atomic E-state index is -0.161. The topological polar surface area (TPSA) is 58.6 Å². The molecule has 1 aliphatic rings. The summed E-state index contributed by atoms with van der Waals surface area (Å²) in [6.07, 6.45) is 0. The molecule has 18 heavy (non-hydrogen) atoms. The van der Waals surface area contributed by atoms with E-state index in [1.54, 1.807) is 0 Å². The summed E-state index contributed by atoms with van der Waals surface area (Å²) in [7, 11) is 0. The molecule has 98 valence electrons. The van der Waals surface area contributed by atoms with Gasteiger partial charge in [0.25, 0.3) is 0 Å². The Kier molecular flexibility index (Phi) is 4.33. The number of ether oxygens (including phenoxy) is 1. The van der Waals surface area contributed by atoms with Crippen molar-refractivity contribution in [2.75, 3.05) is 13.2 Å². The van der Waals surface area contributed by atoms with Crippen LogP contribution in [0.1, 0.15) is 12.5 Å². The number of hydrogen-bond acceptors (Lipinski definition) is 3. The number of rotatable bonds is 5. The maximum absolute atomic E-state index is 11.7. The van der Waals surface area contributed by atoms with Gasteiger partial charge in [-0.1, -0.05) is 37.3 Å². The lowest BCUT2D eigenvalue weighted by Gasteiger charge is -2.16. The summed E-state index contributed by atoms with van der Waals surface area (Å²) in [4.78, 5) is 11.7. The Balaban J connectivity index is 1.82. The van der Waals surface area contributed by atoms with Crippen molar-refractivity contribution >= 4 is 5.91 Å². The number of hydrogen-bond donors (Lipinski definition) is 2. The number of carbonyl (C=O) groups excluding carboxylic acids is 1. The van der Waals surface area contributed by atoms with Crippen LogP contribution in [0.4, 0.5) is 0 Å². The molecule has 2 rings (SSSR count). The third kappa shape index (κ3) is 2.89. The van der Waals surface area contributed by atoms with E-state index in [1.807, 2.05) is 37.3 Å². The van der Waals surface area contributed by atoms with Crippen LogP contribution >= 0.6 is 0 Å². The predicted molar refractivity (Wildman–Crippen MR) is 67.8 cm³/mol. The van der Waals surface area contributed by atoms with Gasteiger partial charge in [0.15, 0.2) is 0 Å². The van der Waals surface area contributed by atoms with Gasteiger partial charge in [-0.2, -0.15) is 0 Å². The molecule has 0 aliphatic carbocycles. The van der Waals surface area contributed by atoms with Gasteiger partial charge < -0.3 is 15.2 Å². The summed E-state index contributed by atoms with van der Waals surface area (Å²) in [5.41, 5.74) is 1.10. The Morgan fingerprint density at radius 2 is 2.06 bits per heavy atom. The summed E-state index contributed by atoms with van der Waals surface area (Å²) < 4.78 is 5.59.